The molecular weight excluding hydrogens is 598 g/mol. The van der Waals surface area contributed by atoms with Crippen LogP contribution in [0.4, 0.5) is 0 Å². The fourth-order valence-electron chi connectivity index (χ4n) is 6.34. The number of unbranched alkanes of at least 4 members (excludes halogenated alkanes) is 1. The summed E-state index contributed by atoms with van der Waals surface area (Å²) < 4.78 is 23.5. The molecule has 0 saturated heterocycles. The molecule has 0 aliphatic carbocycles. The molecule has 3 unspecified atom stereocenters. The van der Waals surface area contributed by atoms with E-state index in [-0.39, 0.29) is 43.6 Å². The number of guanidine groups is 1. The van der Waals surface area contributed by atoms with E-state index >= 15 is 0 Å². The monoisotopic (exact) mass is 637 g/mol. The van der Waals surface area contributed by atoms with Crippen LogP contribution in [0.5, 0.6) is 17.2 Å². The molecule has 0 radical (unpaired) electrons. The maximum atomic E-state index is 12.9. The van der Waals surface area contributed by atoms with Crippen molar-refractivity contribution in [3.8, 4) is 17.2 Å². The van der Waals surface area contributed by atoms with Gasteiger partial charge in [-0.3, -0.25) is 20.8 Å². The maximum Gasteiger partial charge on any atom is 0.374 e. The highest BCUT2D eigenvalue weighted by Gasteiger charge is 2.46. The van der Waals surface area contributed by atoms with Gasteiger partial charge in [-0.05, 0) is 50.8 Å². The lowest BCUT2D eigenvalue weighted by Gasteiger charge is -2.29. The fourth-order valence-corrected chi connectivity index (χ4v) is 6.34. The molecule has 6 rings (SSSR count). The van der Waals surface area contributed by atoms with Crippen molar-refractivity contribution >= 4 is 35.0 Å². The predicted molar refractivity (Wildman–Crippen MR) is 164 cm³/mol. The van der Waals surface area contributed by atoms with Crippen LogP contribution in [0.25, 0.3) is 5.57 Å². The first kappa shape index (κ1) is 31.4. The number of quaternary nitrogens is 2. The van der Waals surface area contributed by atoms with E-state index in [1.807, 2.05) is 18.5 Å². The van der Waals surface area contributed by atoms with Crippen LogP contribution in [-0.2, 0) is 20.7 Å². The SMILES string of the molecule is CCOC(=O)C1=C/C(=C\C[NH+]2C=CNC2[NH+]2CN=C3C(=O)NC(=N)N=C32)c2c(cc3c(c2OC)C[C@@H]([C@@](C)(O)CCCCO)O3)O1. The van der Waals surface area contributed by atoms with Gasteiger partial charge in [-0.25, -0.2) is 14.7 Å². The summed E-state index contributed by atoms with van der Waals surface area (Å²) in [6, 6.07) is 1.72. The number of hydrogen-bond acceptors (Lipinski definition) is 11. The standard InChI is InChI=1S/C31H37N7O8/c1-4-44-28(41)21-13-17(7-10-37-11-9-33-30(37)38-16-34-24-26(38)35-29(32)36-27(24)40)23-20(45-21)15-19-18(25(23)43-3)14-22(46-19)31(2,42)8-5-6-12-39/h7,9,11,13,15,22,30,33,39,42H,4-6,8,10,12,14,16H2,1-3H3,(H2,32,36,40)/p+2/b17-7+/t22-,30?,31-/m0/s1. The minimum atomic E-state index is -1.15. The van der Waals surface area contributed by atoms with Gasteiger partial charge in [0.1, 0.15) is 36.1 Å². The number of hydrogen-bond donors (Lipinski definition) is 7. The molecule has 46 heavy (non-hydrogen) atoms. The topological polar surface area (TPSA) is 193 Å². The first-order valence-electron chi connectivity index (χ1n) is 15.3. The van der Waals surface area contributed by atoms with Crippen LogP contribution in [0.15, 0.2) is 46.4 Å². The van der Waals surface area contributed by atoms with Crippen LogP contribution in [-0.4, -0.2) is 91.1 Å². The number of ether oxygens (including phenoxy) is 4. The van der Waals surface area contributed by atoms with Crippen molar-refractivity contribution in [2.75, 3.05) is 33.5 Å². The van der Waals surface area contributed by atoms with Gasteiger partial charge in [-0.1, -0.05) is 0 Å². The number of methoxy groups -OCH3 is 1. The molecule has 15 nitrogen and oxygen atoms in total. The van der Waals surface area contributed by atoms with E-state index in [4.69, 9.17) is 24.4 Å². The Morgan fingerprint density at radius 1 is 1.33 bits per heavy atom. The summed E-state index contributed by atoms with van der Waals surface area (Å²) >= 11 is 0. The number of rotatable bonds is 11. The summed E-state index contributed by atoms with van der Waals surface area (Å²) in [5.41, 5.74) is 1.19. The van der Waals surface area contributed by atoms with E-state index in [0.717, 1.165) is 15.4 Å². The fraction of sp³-hybridized carbons (Fsp3) is 0.452. The van der Waals surface area contributed by atoms with E-state index in [1.165, 1.54) is 0 Å². The molecule has 0 spiro atoms. The lowest BCUT2D eigenvalue weighted by Crippen LogP contribution is -3.36. The zero-order chi connectivity index (χ0) is 32.6. The van der Waals surface area contributed by atoms with Crippen molar-refractivity contribution in [1.29, 1.82) is 5.41 Å². The first-order valence-corrected chi connectivity index (χ1v) is 15.3. The Kier molecular flexibility index (Phi) is 8.65. The molecule has 5 aliphatic heterocycles. The first-order chi connectivity index (χ1) is 22.1. The van der Waals surface area contributed by atoms with Gasteiger partial charge in [-0.2, -0.15) is 9.89 Å². The summed E-state index contributed by atoms with van der Waals surface area (Å²) in [7, 11) is 1.56. The molecule has 5 atom stereocenters. The normalized spacial score (nSPS) is 26.4. The Hall–Kier alpha value is -4.57. The molecule has 0 fully saturated rings. The third-order valence-corrected chi connectivity index (χ3v) is 8.67. The Balaban J connectivity index is 1.31. The zero-order valence-electron chi connectivity index (χ0n) is 25.9. The molecule has 5 heterocycles. The van der Waals surface area contributed by atoms with Crippen molar-refractivity contribution < 1.29 is 48.5 Å². The van der Waals surface area contributed by atoms with Gasteiger partial charge >= 0.3 is 12.3 Å². The van der Waals surface area contributed by atoms with Crippen molar-refractivity contribution in [2.45, 2.75) is 57.5 Å². The van der Waals surface area contributed by atoms with Crippen LogP contribution in [0.1, 0.15) is 44.2 Å². The molecule has 5 aliphatic rings. The van der Waals surface area contributed by atoms with Crippen molar-refractivity contribution in [1.82, 2.24) is 10.6 Å². The number of benzene rings is 1. The van der Waals surface area contributed by atoms with Gasteiger partial charge in [-0.15, -0.1) is 0 Å². The number of nitrogens with one attached hydrogen (secondary N) is 5. The number of allylic oxidation sites excluding steroid dienone is 2. The summed E-state index contributed by atoms with van der Waals surface area (Å²) in [4.78, 5) is 35.6. The van der Waals surface area contributed by atoms with Crippen LogP contribution < -0.4 is 34.6 Å². The average molecular weight is 638 g/mol. The smallest absolute Gasteiger partial charge is 0.374 e. The highest BCUT2D eigenvalue weighted by atomic mass is 16.6. The van der Waals surface area contributed by atoms with Gasteiger partial charge in [0.25, 0.3) is 11.7 Å². The number of amides is 1. The van der Waals surface area contributed by atoms with E-state index in [0.29, 0.717) is 66.4 Å². The quantitative estimate of drug-likeness (QED) is 0.108. The molecule has 0 aromatic heterocycles. The Labute approximate surface area is 265 Å². The van der Waals surface area contributed by atoms with Crippen LogP contribution in [0.3, 0.4) is 0 Å². The van der Waals surface area contributed by atoms with Gasteiger partial charge in [0.2, 0.25) is 17.4 Å². The van der Waals surface area contributed by atoms with E-state index in [9.17, 15) is 19.8 Å². The molecule has 1 aromatic rings. The molecule has 0 bridgehead atoms. The lowest BCUT2D eigenvalue weighted by molar-refractivity contribution is -1.05. The molecule has 1 amide bonds. The van der Waals surface area contributed by atoms with Gasteiger partial charge in [0.15, 0.2) is 6.67 Å². The van der Waals surface area contributed by atoms with Gasteiger partial charge < -0.3 is 29.2 Å². The maximum absolute atomic E-state index is 12.9. The molecule has 0 saturated carbocycles. The zero-order valence-corrected chi connectivity index (χ0v) is 25.9. The predicted octanol–water partition coefficient (Wildman–Crippen LogP) is -1.86. The number of carbonyl (C=O) groups is 2. The summed E-state index contributed by atoms with van der Waals surface area (Å²) in [5.74, 6) is 0.546. The highest BCUT2D eigenvalue weighted by molar-refractivity contribution is 6.68. The number of aliphatic imine (C=N–C) groups is 2. The summed E-state index contributed by atoms with van der Waals surface area (Å²) in [5, 5.41) is 34.0. The highest BCUT2D eigenvalue weighted by Crippen LogP contribution is 2.50. The Morgan fingerprint density at radius 3 is 2.91 bits per heavy atom. The molecular formula is C31H39N7O8+2. The number of carbonyl (C=O) groups excluding carboxylic acids is 2. The van der Waals surface area contributed by atoms with Crippen molar-refractivity contribution in [3.05, 3.63) is 47.5 Å². The summed E-state index contributed by atoms with van der Waals surface area (Å²) in [6.07, 6.45) is 8.65. The molecule has 15 heteroatoms. The largest absolute Gasteiger partial charge is 0.496 e. The molecule has 244 valence electrons. The molecule has 7 N–H and O–H groups in total. The second kappa shape index (κ2) is 12.7. The minimum Gasteiger partial charge on any atom is -0.496 e. The second-order valence-corrected chi connectivity index (χ2v) is 11.8. The lowest BCUT2D eigenvalue weighted by atomic mass is 9.88. The van der Waals surface area contributed by atoms with Gasteiger partial charge in [0.05, 0.1) is 31.1 Å². The van der Waals surface area contributed by atoms with Crippen LogP contribution >= 0.6 is 0 Å². The average Bonchev–Trinajstić information content (AvgIpc) is 3.77. The number of amidine groups is 1. The van der Waals surface area contributed by atoms with Gasteiger partial charge in [0, 0.05) is 24.7 Å². The second-order valence-electron chi connectivity index (χ2n) is 11.8. The number of esters is 1. The number of fused-ring (bicyclic) bond motifs is 3. The third-order valence-electron chi connectivity index (χ3n) is 8.67. The Bertz CT molecular complexity index is 1610. The minimum absolute atomic E-state index is 0.0130. The van der Waals surface area contributed by atoms with E-state index in [1.54, 1.807) is 33.1 Å². The van der Waals surface area contributed by atoms with E-state index in [2.05, 4.69) is 20.6 Å². The van der Waals surface area contributed by atoms with Crippen molar-refractivity contribution in [3.63, 3.8) is 0 Å². The number of aliphatic hydroxyl groups is 2. The Morgan fingerprint density at radius 2 is 2.15 bits per heavy atom. The third kappa shape index (κ3) is 5.77. The van der Waals surface area contributed by atoms with Crippen LogP contribution in [0, 0.1) is 5.41 Å². The van der Waals surface area contributed by atoms with E-state index < -0.39 is 23.6 Å². The molecule has 1 aromatic carbocycles. The number of nitrogens with zero attached hydrogens (tertiary/aromatic N) is 2. The number of aliphatic hydroxyl groups excluding tert-OH is 1. The summed E-state index contributed by atoms with van der Waals surface area (Å²) in [6.45, 7) is 4.41. The van der Waals surface area contributed by atoms with Crippen molar-refractivity contribution in [2.24, 2.45) is 9.98 Å². The van der Waals surface area contributed by atoms with Crippen LogP contribution in [0.2, 0.25) is 0 Å².